The van der Waals surface area contributed by atoms with Gasteiger partial charge in [-0.3, -0.25) is 9.30 Å². The van der Waals surface area contributed by atoms with Crippen molar-refractivity contribution in [2.75, 3.05) is 26.3 Å². The fourth-order valence-corrected chi connectivity index (χ4v) is 5.20. The van der Waals surface area contributed by atoms with Crippen LogP contribution in [0.2, 0.25) is 0 Å². The van der Waals surface area contributed by atoms with Gasteiger partial charge in [-0.1, -0.05) is 30.3 Å². The largest absolute Gasteiger partial charge is 0.487 e. The van der Waals surface area contributed by atoms with E-state index in [9.17, 15) is 22.4 Å². The number of rotatable bonds is 8. The number of pyridine rings is 2. The average Bonchev–Trinajstić information content (AvgIpc) is 3.60. The molecule has 1 saturated heterocycles. The molecule has 4 heterocycles. The summed E-state index contributed by atoms with van der Waals surface area (Å²) in [6.07, 6.45) is -2.67. The number of likely N-dealkylation sites (tertiary alicyclic amines) is 1. The van der Waals surface area contributed by atoms with Crippen molar-refractivity contribution in [1.29, 1.82) is 0 Å². The van der Waals surface area contributed by atoms with Crippen LogP contribution in [0.4, 0.5) is 17.6 Å². The van der Waals surface area contributed by atoms with E-state index in [0.29, 0.717) is 34.2 Å². The fourth-order valence-electron chi connectivity index (χ4n) is 5.20. The highest BCUT2D eigenvalue weighted by Gasteiger charge is 2.46. The Morgan fingerprint density at radius 2 is 1.86 bits per heavy atom. The number of nitrogens with zero attached hydrogens (tertiary/aromatic N) is 5. The lowest BCUT2D eigenvalue weighted by Gasteiger charge is -2.30. The molecule has 2 aromatic carbocycles. The maximum Gasteiger partial charge on any atom is 0.408 e. The maximum atomic E-state index is 14.7. The SMILES string of the molecule is NC1CCN([C@H](c2ccc3nnc(-c4ccc5cc(F)c(OCCOC(=O)c6ccccc6)cc5n4)n3c2)C(F)(F)F)C1. The third kappa shape index (κ3) is 5.99. The van der Waals surface area contributed by atoms with Gasteiger partial charge in [-0.15, -0.1) is 10.2 Å². The molecule has 5 aromatic rings. The average molecular weight is 595 g/mol. The highest BCUT2D eigenvalue weighted by atomic mass is 19.4. The number of aromatic nitrogens is 4. The van der Waals surface area contributed by atoms with Gasteiger partial charge >= 0.3 is 12.1 Å². The van der Waals surface area contributed by atoms with Gasteiger partial charge in [0, 0.05) is 36.8 Å². The minimum Gasteiger partial charge on any atom is -0.487 e. The molecule has 0 amide bonds. The highest BCUT2D eigenvalue weighted by Crippen LogP contribution is 2.39. The zero-order valence-electron chi connectivity index (χ0n) is 22.7. The van der Waals surface area contributed by atoms with Crippen molar-refractivity contribution in [3.05, 3.63) is 89.9 Å². The number of esters is 1. The van der Waals surface area contributed by atoms with Crippen molar-refractivity contribution < 1.29 is 31.8 Å². The third-order valence-corrected chi connectivity index (χ3v) is 7.23. The van der Waals surface area contributed by atoms with Crippen LogP contribution in [0.25, 0.3) is 28.1 Å². The Balaban J connectivity index is 1.24. The van der Waals surface area contributed by atoms with E-state index in [4.69, 9.17) is 15.2 Å². The standard InChI is InChI=1S/C30H26F4N6O3/c31-22-14-19-6-8-23(36-24(19)15-25(22)42-12-13-43-29(41)18-4-2-1-3-5-18)28-38-37-26-9-7-20(16-40(26)28)27(30(32,33)34)39-11-10-21(35)17-39/h1-9,14-16,21,27H,10-13,17,35H2/t21?,27-/m1/s1. The zero-order chi connectivity index (χ0) is 30.1. The Morgan fingerprint density at radius 3 is 2.60 bits per heavy atom. The number of fused-ring (bicyclic) bond motifs is 2. The minimum absolute atomic E-state index is 0.0293. The van der Waals surface area contributed by atoms with Gasteiger partial charge in [-0.25, -0.2) is 14.2 Å². The second-order valence-electron chi connectivity index (χ2n) is 10.2. The second-order valence-corrected chi connectivity index (χ2v) is 10.2. The molecular weight excluding hydrogens is 568 g/mol. The summed E-state index contributed by atoms with van der Waals surface area (Å²) in [5.74, 6) is -1.03. The van der Waals surface area contributed by atoms with Crippen LogP contribution in [0.5, 0.6) is 5.75 Å². The number of alkyl halides is 3. The van der Waals surface area contributed by atoms with Crippen molar-refractivity contribution in [2.45, 2.75) is 24.7 Å². The van der Waals surface area contributed by atoms with Gasteiger partial charge < -0.3 is 15.2 Å². The maximum absolute atomic E-state index is 14.7. The van der Waals surface area contributed by atoms with Crippen LogP contribution in [0, 0.1) is 5.82 Å². The number of benzene rings is 2. The van der Waals surface area contributed by atoms with E-state index in [1.807, 2.05) is 0 Å². The number of ether oxygens (including phenoxy) is 2. The molecule has 1 unspecified atom stereocenters. The van der Waals surface area contributed by atoms with E-state index in [-0.39, 0.29) is 49.5 Å². The molecular formula is C30H26F4N6O3. The van der Waals surface area contributed by atoms with Gasteiger partial charge in [0.2, 0.25) is 0 Å². The lowest BCUT2D eigenvalue weighted by Crippen LogP contribution is -2.38. The Kier molecular flexibility index (Phi) is 7.67. The summed E-state index contributed by atoms with van der Waals surface area (Å²) in [4.78, 5) is 18.0. The first-order valence-corrected chi connectivity index (χ1v) is 13.5. The molecule has 0 radical (unpaired) electrons. The lowest BCUT2D eigenvalue weighted by atomic mass is 10.1. The summed E-state index contributed by atoms with van der Waals surface area (Å²) in [6.45, 7) is 0.177. The lowest BCUT2D eigenvalue weighted by molar-refractivity contribution is -0.183. The topological polar surface area (TPSA) is 108 Å². The molecule has 43 heavy (non-hydrogen) atoms. The van der Waals surface area contributed by atoms with Gasteiger partial charge in [-0.2, -0.15) is 13.2 Å². The minimum atomic E-state index is -4.52. The van der Waals surface area contributed by atoms with Crippen molar-refractivity contribution >= 4 is 22.5 Å². The monoisotopic (exact) mass is 594 g/mol. The van der Waals surface area contributed by atoms with E-state index in [0.717, 1.165) is 0 Å². The molecule has 2 atom stereocenters. The Labute approximate surface area is 242 Å². The van der Waals surface area contributed by atoms with Crippen LogP contribution < -0.4 is 10.5 Å². The predicted molar refractivity (Wildman–Crippen MR) is 149 cm³/mol. The number of hydrogen-bond acceptors (Lipinski definition) is 8. The fraction of sp³-hybridized carbons (Fsp3) is 0.267. The van der Waals surface area contributed by atoms with E-state index in [2.05, 4.69) is 15.2 Å². The molecule has 1 aliphatic heterocycles. The summed E-state index contributed by atoms with van der Waals surface area (Å²) in [5, 5.41) is 8.74. The van der Waals surface area contributed by atoms with Gasteiger partial charge in [0.1, 0.15) is 24.9 Å². The summed E-state index contributed by atoms with van der Waals surface area (Å²) in [5.41, 5.74) is 7.34. The number of halogens is 4. The van der Waals surface area contributed by atoms with Gasteiger partial charge in [0.25, 0.3) is 0 Å². The van der Waals surface area contributed by atoms with Crippen LogP contribution in [-0.4, -0.2) is 69.0 Å². The van der Waals surface area contributed by atoms with E-state index < -0.39 is 24.0 Å². The molecule has 0 aliphatic carbocycles. The molecule has 6 rings (SSSR count). The highest BCUT2D eigenvalue weighted by molar-refractivity contribution is 5.89. The van der Waals surface area contributed by atoms with Crippen LogP contribution in [0.15, 0.2) is 72.9 Å². The summed E-state index contributed by atoms with van der Waals surface area (Å²) < 4.78 is 69.5. The molecule has 3 aromatic heterocycles. The second kappa shape index (κ2) is 11.6. The predicted octanol–water partition coefficient (Wildman–Crippen LogP) is 4.96. The molecule has 9 nitrogen and oxygen atoms in total. The number of nitrogens with two attached hydrogens (primary N) is 1. The first-order valence-electron chi connectivity index (χ1n) is 13.5. The zero-order valence-corrected chi connectivity index (χ0v) is 22.7. The molecule has 222 valence electrons. The molecule has 1 fully saturated rings. The van der Waals surface area contributed by atoms with Gasteiger partial charge in [-0.05, 0) is 42.3 Å². The number of carbonyl (C=O) groups is 1. The Bertz CT molecular complexity index is 1780. The third-order valence-electron chi connectivity index (χ3n) is 7.23. The quantitative estimate of drug-likeness (QED) is 0.153. The summed E-state index contributed by atoms with van der Waals surface area (Å²) in [7, 11) is 0. The number of hydrogen-bond donors (Lipinski definition) is 1. The molecule has 2 N–H and O–H groups in total. The molecule has 0 saturated carbocycles. The van der Waals surface area contributed by atoms with Gasteiger partial charge in [0.15, 0.2) is 23.0 Å². The Morgan fingerprint density at radius 1 is 1.05 bits per heavy atom. The van der Waals surface area contributed by atoms with Crippen molar-refractivity contribution in [1.82, 2.24) is 24.5 Å². The van der Waals surface area contributed by atoms with E-state index in [1.54, 1.807) is 42.5 Å². The van der Waals surface area contributed by atoms with Crippen molar-refractivity contribution in [3.8, 4) is 17.3 Å². The van der Waals surface area contributed by atoms with E-state index >= 15 is 0 Å². The first-order chi connectivity index (χ1) is 20.7. The van der Waals surface area contributed by atoms with Crippen molar-refractivity contribution in [2.24, 2.45) is 5.73 Å². The smallest absolute Gasteiger partial charge is 0.408 e. The van der Waals surface area contributed by atoms with Crippen molar-refractivity contribution in [3.63, 3.8) is 0 Å². The Hall–Kier alpha value is -4.62. The van der Waals surface area contributed by atoms with Gasteiger partial charge in [0.05, 0.1) is 11.1 Å². The van der Waals surface area contributed by atoms with Crippen LogP contribution in [0.1, 0.15) is 28.4 Å². The van der Waals surface area contributed by atoms with Crippen LogP contribution >= 0.6 is 0 Å². The van der Waals surface area contributed by atoms with Crippen LogP contribution in [-0.2, 0) is 4.74 Å². The molecule has 13 heteroatoms. The van der Waals surface area contributed by atoms with Crippen LogP contribution in [0.3, 0.4) is 0 Å². The molecule has 1 aliphatic rings. The summed E-state index contributed by atoms with van der Waals surface area (Å²) in [6, 6.07) is 15.0. The first kappa shape index (κ1) is 28.5. The molecule has 0 spiro atoms. The van der Waals surface area contributed by atoms with E-state index in [1.165, 1.54) is 39.8 Å². The number of carbonyl (C=O) groups excluding carboxylic acids is 1. The summed E-state index contributed by atoms with van der Waals surface area (Å²) >= 11 is 0. The molecule has 0 bridgehead atoms. The normalized spacial score (nSPS) is 16.5.